The van der Waals surface area contributed by atoms with Crippen LogP contribution in [0.15, 0.2) is 59.5 Å². The summed E-state index contributed by atoms with van der Waals surface area (Å²) in [5.41, 5.74) is 1.37. The SMILES string of the molecule is CS(=O)(=O)c1cccc(C(=O)NC2CCc3nnc(-c4ccccc4)n3CC2)c1. The molecule has 8 heteroatoms. The Hall–Kier alpha value is -3.00. The first-order valence-electron chi connectivity index (χ1n) is 9.50. The van der Waals surface area contributed by atoms with Gasteiger partial charge in [0.25, 0.3) is 5.91 Å². The maximum atomic E-state index is 12.7. The summed E-state index contributed by atoms with van der Waals surface area (Å²) in [6.45, 7) is 0.709. The second-order valence-electron chi connectivity index (χ2n) is 7.26. The smallest absolute Gasteiger partial charge is 0.251 e. The zero-order valence-electron chi connectivity index (χ0n) is 16.1. The van der Waals surface area contributed by atoms with Crippen molar-refractivity contribution in [3.05, 3.63) is 66.0 Å². The van der Waals surface area contributed by atoms with E-state index in [1.54, 1.807) is 12.1 Å². The Kier molecular flexibility index (Phi) is 5.19. The van der Waals surface area contributed by atoms with Crippen LogP contribution >= 0.6 is 0 Å². The van der Waals surface area contributed by atoms with Gasteiger partial charge in [-0.3, -0.25) is 4.79 Å². The van der Waals surface area contributed by atoms with Crippen LogP contribution in [0.2, 0.25) is 0 Å². The van der Waals surface area contributed by atoms with Crippen molar-refractivity contribution in [1.29, 1.82) is 0 Å². The summed E-state index contributed by atoms with van der Waals surface area (Å²) < 4.78 is 25.6. The molecule has 0 spiro atoms. The number of rotatable bonds is 4. The Morgan fingerprint density at radius 1 is 1.07 bits per heavy atom. The van der Waals surface area contributed by atoms with Crippen molar-refractivity contribution in [1.82, 2.24) is 20.1 Å². The summed E-state index contributed by atoms with van der Waals surface area (Å²) in [7, 11) is -3.36. The zero-order valence-corrected chi connectivity index (χ0v) is 16.9. The minimum Gasteiger partial charge on any atom is -0.349 e. The Balaban J connectivity index is 1.47. The minimum atomic E-state index is -3.36. The fourth-order valence-electron chi connectivity index (χ4n) is 3.57. The van der Waals surface area contributed by atoms with E-state index in [1.165, 1.54) is 12.1 Å². The van der Waals surface area contributed by atoms with Crippen LogP contribution in [0.4, 0.5) is 0 Å². The third-order valence-corrected chi connectivity index (χ3v) is 6.25. The maximum absolute atomic E-state index is 12.7. The van der Waals surface area contributed by atoms with E-state index in [0.29, 0.717) is 18.5 Å². The van der Waals surface area contributed by atoms with Gasteiger partial charge < -0.3 is 9.88 Å². The molecule has 3 aromatic rings. The molecule has 0 bridgehead atoms. The molecular formula is C21H22N4O3S. The van der Waals surface area contributed by atoms with E-state index < -0.39 is 9.84 Å². The highest BCUT2D eigenvalue weighted by Crippen LogP contribution is 2.23. The van der Waals surface area contributed by atoms with Gasteiger partial charge in [-0.15, -0.1) is 10.2 Å². The van der Waals surface area contributed by atoms with E-state index in [0.717, 1.165) is 36.3 Å². The summed E-state index contributed by atoms with van der Waals surface area (Å²) in [5, 5.41) is 11.7. The summed E-state index contributed by atoms with van der Waals surface area (Å²) in [6, 6.07) is 16.0. The van der Waals surface area contributed by atoms with Gasteiger partial charge in [-0.05, 0) is 31.0 Å². The molecular weight excluding hydrogens is 388 g/mol. The quantitative estimate of drug-likeness (QED) is 0.713. The lowest BCUT2D eigenvalue weighted by molar-refractivity contribution is 0.0932. The highest BCUT2D eigenvalue weighted by Gasteiger charge is 2.22. The number of nitrogens with zero attached hydrogens (tertiary/aromatic N) is 3. The monoisotopic (exact) mass is 410 g/mol. The first kappa shape index (κ1) is 19.3. The van der Waals surface area contributed by atoms with Crippen molar-refractivity contribution in [2.75, 3.05) is 6.26 Å². The molecule has 1 N–H and O–H groups in total. The van der Waals surface area contributed by atoms with E-state index in [9.17, 15) is 13.2 Å². The van der Waals surface area contributed by atoms with Crippen molar-refractivity contribution in [3.63, 3.8) is 0 Å². The molecule has 150 valence electrons. The Morgan fingerprint density at radius 2 is 1.86 bits per heavy atom. The third-order valence-electron chi connectivity index (χ3n) is 5.14. The van der Waals surface area contributed by atoms with Crippen LogP contribution in [-0.4, -0.2) is 41.4 Å². The largest absolute Gasteiger partial charge is 0.349 e. The zero-order chi connectivity index (χ0) is 20.4. The number of sulfone groups is 1. The van der Waals surface area contributed by atoms with Crippen molar-refractivity contribution in [2.24, 2.45) is 0 Å². The molecule has 1 unspecified atom stereocenters. The third kappa shape index (κ3) is 4.22. The molecule has 7 nitrogen and oxygen atoms in total. The molecule has 29 heavy (non-hydrogen) atoms. The standard InChI is InChI=1S/C21H22N4O3S/c1-29(27,28)18-9-5-8-16(14-18)21(26)22-17-10-11-19-23-24-20(25(19)13-12-17)15-6-3-2-4-7-15/h2-9,14,17H,10-13H2,1H3,(H,22,26). The van der Waals surface area contributed by atoms with Crippen LogP contribution in [0.3, 0.4) is 0 Å². The Morgan fingerprint density at radius 3 is 2.62 bits per heavy atom. The van der Waals surface area contributed by atoms with E-state index in [2.05, 4.69) is 20.1 Å². The van der Waals surface area contributed by atoms with Crippen LogP contribution in [0.1, 0.15) is 29.0 Å². The van der Waals surface area contributed by atoms with Crippen LogP contribution < -0.4 is 5.32 Å². The first-order chi connectivity index (χ1) is 13.9. The lowest BCUT2D eigenvalue weighted by Crippen LogP contribution is -2.35. The molecule has 0 saturated carbocycles. The van der Waals surface area contributed by atoms with Crippen LogP contribution in [0, 0.1) is 0 Å². The van der Waals surface area contributed by atoms with Gasteiger partial charge in [0.1, 0.15) is 5.82 Å². The fourth-order valence-corrected chi connectivity index (χ4v) is 4.24. The average Bonchev–Trinajstić information content (AvgIpc) is 3.02. The summed E-state index contributed by atoms with van der Waals surface area (Å²) in [5.74, 6) is 1.49. The topological polar surface area (TPSA) is 93.9 Å². The normalized spacial score (nSPS) is 16.7. The Bertz CT molecular complexity index is 1140. The number of amides is 1. The molecule has 0 radical (unpaired) electrons. The summed E-state index contributed by atoms with van der Waals surface area (Å²) in [4.78, 5) is 12.8. The average molecular weight is 410 g/mol. The number of benzene rings is 2. The second kappa shape index (κ2) is 7.79. The van der Waals surface area contributed by atoms with Crippen molar-refractivity contribution in [2.45, 2.75) is 36.7 Å². The van der Waals surface area contributed by atoms with Gasteiger partial charge in [0.05, 0.1) is 4.90 Å². The lowest BCUT2D eigenvalue weighted by atomic mass is 10.1. The number of aromatic nitrogens is 3. The second-order valence-corrected chi connectivity index (χ2v) is 9.27. The summed E-state index contributed by atoms with van der Waals surface area (Å²) >= 11 is 0. The number of hydrogen-bond donors (Lipinski definition) is 1. The van der Waals surface area contributed by atoms with Gasteiger partial charge in [0.2, 0.25) is 0 Å². The van der Waals surface area contributed by atoms with Gasteiger partial charge in [0, 0.05) is 36.4 Å². The van der Waals surface area contributed by atoms with Gasteiger partial charge in [0.15, 0.2) is 15.7 Å². The number of carbonyl (C=O) groups is 1. The van der Waals surface area contributed by atoms with E-state index in [-0.39, 0.29) is 16.8 Å². The molecule has 0 fully saturated rings. The molecule has 1 atom stereocenters. The molecule has 1 aliphatic rings. The van der Waals surface area contributed by atoms with Gasteiger partial charge in [-0.2, -0.15) is 0 Å². The molecule has 1 amide bonds. The first-order valence-corrected chi connectivity index (χ1v) is 11.4. The number of fused-ring (bicyclic) bond motifs is 1. The van der Waals surface area contributed by atoms with Crippen LogP contribution in [0.25, 0.3) is 11.4 Å². The summed E-state index contributed by atoms with van der Waals surface area (Å²) in [6.07, 6.45) is 3.36. The predicted molar refractivity (Wildman–Crippen MR) is 109 cm³/mol. The molecule has 1 aromatic heterocycles. The van der Waals surface area contributed by atoms with Crippen LogP contribution in [-0.2, 0) is 22.8 Å². The van der Waals surface area contributed by atoms with E-state index in [1.807, 2.05) is 30.3 Å². The minimum absolute atomic E-state index is 0.0188. The van der Waals surface area contributed by atoms with Crippen molar-refractivity contribution in [3.8, 4) is 11.4 Å². The van der Waals surface area contributed by atoms with Gasteiger partial charge in [-0.25, -0.2) is 8.42 Å². The van der Waals surface area contributed by atoms with E-state index in [4.69, 9.17) is 0 Å². The maximum Gasteiger partial charge on any atom is 0.251 e. The number of carbonyl (C=O) groups excluding carboxylic acids is 1. The molecule has 2 heterocycles. The highest BCUT2D eigenvalue weighted by molar-refractivity contribution is 7.90. The fraction of sp³-hybridized carbons (Fsp3) is 0.286. The predicted octanol–water partition coefficient (Wildman–Crippen LogP) is 2.48. The van der Waals surface area contributed by atoms with Gasteiger partial charge >= 0.3 is 0 Å². The Labute approximate surface area is 169 Å². The molecule has 2 aromatic carbocycles. The highest BCUT2D eigenvalue weighted by atomic mass is 32.2. The van der Waals surface area contributed by atoms with E-state index >= 15 is 0 Å². The number of nitrogens with one attached hydrogen (secondary N) is 1. The molecule has 4 rings (SSSR count). The van der Waals surface area contributed by atoms with Gasteiger partial charge in [-0.1, -0.05) is 36.4 Å². The lowest BCUT2D eigenvalue weighted by Gasteiger charge is -2.16. The van der Waals surface area contributed by atoms with Crippen molar-refractivity contribution >= 4 is 15.7 Å². The molecule has 1 aliphatic heterocycles. The molecule has 0 aliphatic carbocycles. The number of hydrogen-bond acceptors (Lipinski definition) is 5. The van der Waals surface area contributed by atoms with Crippen molar-refractivity contribution < 1.29 is 13.2 Å². The molecule has 0 saturated heterocycles. The number of aryl methyl sites for hydroxylation is 1. The van der Waals surface area contributed by atoms with Crippen LogP contribution in [0.5, 0.6) is 0 Å².